The molecule has 0 aliphatic heterocycles. The molecule has 112 valence electrons. The molecule has 0 amide bonds. The summed E-state index contributed by atoms with van der Waals surface area (Å²) in [7, 11) is 0. The molecule has 7 heteroatoms. The fourth-order valence-electron chi connectivity index (χ4n) is 2.11. The van der Waals surface area contributed by atoms with Gasteiger partial charge in [0, 0.05) is 19.3 Å². The molecular weight excluding hydrogens is 277 g/mol. The number of fused-ring (bicyclic) bond motifs is 1. The summed E-state index contributed by atoms with van der Waals surface area (Å²) in [5.41, 5.74) is 0.0888. The number of hydrogen-bond acceptors (Lipinski definition) is 5. The SMILES string of the molecule is CC(CCO)CNc1c(F)cc([N+](=O)[O-])c2cccnc12. The standard InChI is InChI=1S/C14H16FN3O3/c1-9(4-6-19)8-17-14-11(15)7-12(18(20)21)10-3-2-5-16-13(10)14/h2-3,5,7,9,17,19H,4,6,8H2,1H3. The van der Waals surface area contributed by atoms with Crippen molar-refractivity contribution < 1.29 is 14.4 Å². The fourth-order valence-corrected chi connectivity index (χ4v) is 2.11. The van der Waals surface area contributed by atoms with Crippen molar-refractivity contribution in [2.24, 2.45) is 5.92 Å². The van der Waals surface area contributed by atoms with E-state index in [4.69, 9.17) is 5.11 Å². The minimum absolute atomic E-state index is 0.0601. The number of pyridine rings is 1. The first-order valence-electron chi connectivity index (χ1n) is 6.61. The molecule has 0 radical (unpaired) electrons. The summed E-state index contributed by atoms with van der Waals surface area (Å²) in [4.78, 5) is 14.4. The molecular formula is C14H16FN3O3. The fraction of sp³-hybridized carbons (Fsp3) is 0.357. The van der Waals surface area contributed by atoms with E-state index in [0.717, 1.165) is 6.07 Å². The van der Waals surface area contributed by atoms with Crippen LogP contribution in [0.4, 0.5) is 15.8 Å². The number of hydrogen-bond donors (Lipinski definition) is 2. The number of non-ortho nitro benzene ring substituents is 1. The molecule has 2 aromatic rings. The molecule has 1 atom stereocenters. The number of rotatable bonds is 6. The van der Waals surface area contributed by atoms with Gasteiger partial charge in [0.05, 0.1) is 22.1 Å². The highest BCUT2D eigenvalue weighted by molar-refractivity contribution is 5.97. The van der Waals surface area contributed by atoms with Gasteiger partial charge in [0.15, 0.2) is 5.82 Å². The predicted molar refractivity (Wildman–Crippen MR) is 77.7 cm³/mol. The Morgan fingerprint density at radius 2 is 2.33 bits per heavy atom. The number of nitrogens with zero attached hydrogens (tertiary/aromatic N) is 2. The van der Waals surface area contributed by atoms with Gasteiger partial charge >= 0.3 is 0 Å². The lowest BCUT2D eigenvalue weighted by Gasteiger charge is -2.14. The van der Waals surface area contributed by atoms with Gasteiger partial charge in [-0.3, -0.25) is 15.1 Å². The van der Waals surface area contributed by atoms with Crippen molar-refractivity contribution in [3.63, 3.8) is 0 Å². The van der Waals surface area contributed by atoms with Crippen LogP contribution in [0.2, 0.25) is 0 Å². The van der Waals surface area contributed by atoms with Crippen LogP contribution in [0, 0.1) is 21.8 Å². The second-order valence-electron chi connectivity index (χ2n) is 4.91. The maximum absolute atomic E-state index is 14.1. The smallest absolute Gasteiger partial charge is 0.281 e. The molecule has 6 nitrogen and oxygen atoms in total. The molecule has 0 saturated carbocycles. The van der Waals surface area contributed by atoms with Crippen molar-refractivity contribution in [2.75, 3.05) is 18.5 Å². The summed E-state index contributed by atoms with van der Waals surface area (Å²) in [6.45, 7) is 2.42. The zero-order valence-corrected chi connectivity index (χ0v) is 11.5. The summed E-state index contributed by atoms with van der Waals surface area (Å²) in [5, 5.41) is 23.1. The highest BCUT2D eigenvalue weighted by atomic mass is 19.1. The largest absolute Gasteiger partial charge is 0.396 e. The van der Waals surface area contributed by atoms with E-state index in [9.17, 15) is 14.5 Å². The molecule has 1 heterocycles. The second-order valence-corrected chi connectivity index (χ2v) is 4.91. The van der Waals surface area contributed by atoms with Crippen molar-refractivity contribution in [1.29, 1.82) is 0 Å². The van der Waals surface area contributed by atoms with E-state index in [-0.39, 0.29) is 29.4 Å². The third-order valence-electron chi connectivity index (χ3n) is 3.27. The minimum atomic E-state index is -0.705. The minimum Gasteiger partial charge on any atom is -0.396 e. The first-order valence-corrected chi connectivity index (χ1v) is 6.61. The molecule has 0 saturated heterocycles. The number of nitro benzene ring substituents is 1. The summed E-state index contributed by atoms with van der Waals surface area (Å²) in [5.74, 6) is -0.563. The lowest BCUT2D eigenvalue weighted by Crippen LogP contribution is -2.14. The molecule has 0 aliphatic rings. The van der Waals surface area contributed by atoms with Crippen molar-refractivity contribution in [3.05, 3.63) is 40.3 Å². The Hall–Kier alpha value is -2.28. The Bertz CT molecular complexity index is 663. The average molecular weight is 293 g/mol. The highest BCUT2D eigenvalue weighted by Crippen LogP contribution is 2.32. The number of anilines is 1. The average Bonchev–Trinajstić information content (AvgIpc) is 2.45. The Labute approximate surface area is 120 Å². The zero-order chi connectivity index (χ0) is 15.4. The zero-order valence-electron chi connectivity index (χ0n) is 11.5. The molecule has 1 aromatic carbocycles. The second kappa shape index (κ2) is 6.45. The van der Waals surface area contributed by atoms with Crippen molar-refractivity contribution in [1.82, 2.24) is 4.98 Å². The number of aromatic nitrogens is 1. The molecule has 0 fully saturated rings. The summed E-state index contributed by atoms with van der Waals surface area (Å²) in [6, 6.07) is 4.02. The van der Waals surface area contributed by atoms with E-state index < -0.39 is 10.7 Å². The molecule has 2 rings (SSSR count). The van der Waals surface area contributed by atoms with Crippen LogP contribution in [0.15, 0.2) is 24.4 Å². The number of nitrogens with one attached hydrogen (secondary N) is 1. The monoisotopic (exact) mass is 293 g/mol. The van der Waals surface area contributed by atoms with E-state index >= 15 is 0 Å². The Balaban J connectivity index is 2.42. The number of aliphatic hydroxyl groups excluding tert-OH is 1. The van der Waals surface area contributed by atoms with Gasteiger partial charge in [-0.25, -0.2) is 4.39 Å². The van der Waals surface area contributed by atoms with Gasteiger partial charge in [-0.2, -0.15) is 0 Å². The number of benzene rings is 1. The first-order chi connectivity index (χ1) is 10.0. The van der Waals surface area contributed by atoms with Crippen LogP contribution >= 0.6 is 0 Å². The van der Waals surface area contributed by atoms with Crippen molar-refractivity contribution >= 4 is 22.3 Å². The van der Waals surface area contributed by atoms with Gasteiger partial charge < -0.3 is 10.4 Å². The highest BCUT2D eigenvalue weighted by Gasteiger charge is 2.20. The van der Waals surface area contributed by atoms with Gasteiger partial charge in [0.1, 0.15) is 5.52 Å². The van der Waals surface area contributed by atoms with E-state index in [2.05, 4.69) is 10.3 Å². The third kappa shape index (κ3) is 3.25. The van der Waals surface area contributed by atoms with E-state index in [0.29, 0.717) is 18.4 Å². The van der Waals surface area contributed by atoms with Crippen molar-refractivity contribution in [3.8, 4) is 0 Å². The summed E-state index contributed by atoms with van der Waals surface area (Å²) in [6.07, 6.45) is 2.06. The topological polar surface area (TPSA) is 88.3 Å². The molecule has 2 N–H and O–H groups in total. The molecule has 1 aromatic heterocycles. The van der Waals surface area contributed by atoms with Gasteiger partial charge in [0.2, 0.25) is 0 Å². The third-order valence-corrected chi connectivity index (χ3v) is 3.27. The molecule has 0 spiro atoms. The molecule has 1 unspecified atom stereocenters. The predicted octanol–water partition coefficient (Wildman–Crippen LogP) is 2.71. The Morgan fingerprint density at radius 1 is 1.57 bits per heavy atom. The van der Waals surface area contributed by atoms with Crippen LogP contribution in [0.25, 0.3) is 10.9 Å². The quantitative estimate of drug-likeness (QED) is 0.631. The maximum Gasteiger partial charge on any atom is 0.281 e. The van der Waals surface area contributed by atoms with Crippen LogP contribution in [0.5, 0.6) is 0 Å². The summed E-state index contributed by atoms with van der Waals surface area (Å²) < 4.78 is 14.1. The first kappa shape index (κ1) is 15.1. The maximum atomic E-state index is 14.1. The van der Waals surface area contributed by atoms with E-state index in [1.54, 1.807) is 12.1 Å². The number of nitro groups is 1. The normalized spacial score (nSPS) is 12.3. The van der Waals surface area contributed by atoms with E-state index in [1.165, 1.54) is 6.20 Å². The van der Waals surface area contributed by atoms with Gasteiger partial charge in [-0.05, 0) is 24.5 Å². The number of halogens is 1. The molecule has 0 aliphatic carbocycles. The van der Waals surface area contributed by atoms with Crippen molar-refractivity contribution in [2.45, 2.75) is 13.3 Å². The van der Waals surface area contributed by atoms with Crippen LogP contribution < -0.4 is 5.32 Å². The Kier molecular flexibility index (Phi) is 4.64. The lowest BCUT2D eigenvalue weighted by molar-refractivity contribution is -0.383. The summed E-state index contributed by atoms with van der Waals surface area (Å²) >= 11 is 0. The van der Waals surface area contributed by atoms with Crippen LogP contribution in [-0.2, 0) is 0 Å². The van der Waals surface area contributed by atoms with Crippen LogP contribution in [0.3, 0.4) is 0 Å². The van der Waals surface area contributed by atoms with E-state index in [1.807, 2.05) is 6.92 Å². The lowest BCUT2D eigenvalue weighted by atomic mass is 10.1. The van der Waals surface area contributed by atoms with Gasteiger partial charge in [0.25, 0.3) is 5.69 Å². The van der Waals surface area contributed by atoms with Gasteiger partial charge in [-0.15, -0.1) is 0 Å². The molecule has 0 bridgehead atoms. The van der Waals surface area contributed by atoms with Crippen LogP contribution in [0.1, 0.15) is 13.3 Å². The number of aliphatic hydroxyl groups is 1. The Morgan fingerprint density at radius 3 is 3.00 bits per heavy atom. The van der Waals surface area contributed by atoms with Crippen LogP contribution in [-0.4, -0.2) is 28.2 Å². The van der Waals surface area contributed by atoms with Gasteiger partial charge in [-0.1, -0.05) is 6.92 Å². The molecule has 21 heavy (non-hydrogen) atoms.